The Bertz CT molecular complexity index is 568. The Balaban J connectivity index is 2.23. The number of benzene rings is 2. The van der Waals surface area contributed by atoms with Crippen LogP contribution in [0.2, 0.25) is 0 Å². The Kier molecular flexibility index (Phi) is 6.03. The van der Waals surface area contributed by atoms with Crippen molar-refractivity contribution in [1.29, 1.82) is 0 Å². The van der Waals surface area contributed by atoms with E-state index in [9.17, 15) is 0 Å². The SMILES string of the molecule is CCCOCCOc1c(C(C)NC)ccc2ccccc12. The summed E-state index contributed by atoms with van der Waals surface area (Å²) >= 11 is 0. The lowest BCUT2D eigenvalue weighted by Crippen LogP contribution is -2.15. The first-order valence-corrected chi connectivity index (χ1v) is 7.67. The molecule has 0 aliphatic carbocycles. The third-order valence-electron chi connectivity index (χ3n) is 3.63. The van der Waals surface area contributed by atoms with E-state index in [1.54, 1.807) is 0 Å². The van der Waals surface area contributed by atoms with E-state index in [1.165, 1.54) is 10.9 Å². The summed E-state index contributed by atoms with van der Waals surface area (Å²) in [5, 5.41) is 5.65. The zero-order chi connectivity index (χ0) is 15.1. The number of fused-ring (bicyclic) bond motifs is 1. The molecule has 0 saturated heterocycles. The summed E-state index contributed by atoms with van der Waals surface area (Å²) in [6, 6.07) is 12.9. The molecular formula is C18H25NO2. The second-order valence-corrected chi connectivity index (χ2v) is 5.18. The van der Waals surface area contributed by atoms with Crippen LogP contribution in [0, 0.1) is 0 Å². The van der Waals surface area contributed by atoms with Crippen molar-refractivity contribution in [2.75, 3.05) is 26.9 Å². The minimum absolute atomic E-state index is 0.251. The van der Waals surface area contributed by atoms with E-state index in [0.717, 1.165) is 24.2 Å². The van der Waals surface area contributed by atoms with Gasteiger partial charge in [-0.25, -0.2) is 0 Å². The highest BCUT2D eigenvalue weighted by molar-refractivity contribution is 5.89. The predicted molar refractivity (Wildman–Crippen MR) is 88.0 cm³/mol. The van der Waals surface area contributed by atoms with E-state index in [0.29, 0.717) is 13.2 Å². The molecule has 0 aliphatic heterocycles. The Hall–Kier alpha value is -1.58. The van der Waals surface area contributed by atoms with Gasteiger partial charge in [0.2, 0.25) is 0 Å². The third-order valence-corrected chi connectivity index (χ3v) is 3.63. The van der Waals surface area contributed by atoms with Gasteiger partial charge in [0, 0.05) is 23.6 Å². The highest BCUT2D eigenvalue weighted by Gasteiger charge is 2.13. The molecule has 1 N–H and O–H groups in total. The molecule has 2 rings (SSSR count). The van der Waals surface area contributed by atoms with Crippen LogP contribution < -0.4 is 10.1 Å². The summed E-state index contributed by atoms with van der Waals surface area (Å²) in [5.74, 6) is 0.968. The van der Waals surface area contributed by atoms with Crippen LogP contribution in [0.5, 0.6) is 5.75 Å². The smallest absolute Gasteiger partial charge is 0.132 e. The fraction of sp³-hybridized carbons (Fsp3) is 0.444. The fourth-order valence-electron chi connectivity index (χ4n) is 2.37. The van der Waals surface area contributed by atoms with Gasteiger partial charge in [-0.05, 0) is 25.8 Å². The van der Waals surface area contributed by atoms with Crippen molar-refractivity contribution in [2.45, 2.75) is 26.3 Å². The molecule has 2 aromatic rings. The molecular weight excluding hydrogens is 262 g/mol. The van der Waals surface area contributed by atoms with E-state index in [1.807, 2.05) is 7.05 Å². The number of nitrogens with one attached hydrogen (secondary N) is 1. The fourth-order valence-corrected chi connectivity index (χ4v) is 2.37. The second-order valence-electron chi connectivity index (χ2n) is 5.18. The van der Waals surface area contributed by atoms with Crippen LogP contribution in [0.25, 0.3) is 10.8 Å². The first kappa shape index (κ1) is 15.8. The van der Waals surface area contributed by atoms with Crippen molar-refractivity contribution in [3.05, 3.63) is 42.0 Å². The first-order chi connectivity index (χ1) is 10.3. The largest absolute Gasteiger partial charge is 0.490 e. The highest BCUT2D eigenvalue weighted by atomic mass is 16.5. The number of hydrogen-bond acceptors (Lipinski definition) is 3. The van der Waals surface area contributed by atoms with Crippen molar-refractivity contribution in [2.24, 2.45) is 0 Å². The van der Waals surface area contributed by atoms with Crippen LogP contribution in [-0.2, 0) is 4.74 Å². The summed E-state index contributed by atoms with van der Waals surface area (Å²) in [6.07, 6.45) is 1.04. The zero-order valence-electron chi connectivity index (χ0n) is 13.2. The molecule has 0 heterocycles. The Labute approximate surface area is 127 Å². The van der Waals surface area contributed by atoms with E-state index in [2.05, 4.69) is 55.6 Å². The van der Waals surface area contributed by atoms with E-state index >= 15 is 0 Å². The molecule has 0 aliphatic rings. The van der Waals surface area contributed by atoms with Gasteiger partial charge >= 0.3 is 0 Å². The lowest BCUT2D eigenvalue weighted by molar-refractivity contribution is 0.101. The Morgan fingerprint density at radius 3 is 2.62 bits per heavy atom. The lowest BCUT2D eigenvalue weighted by atomic mass is 10.0. The van der Waals surface area contributed by atoms with Crippen LogP contribution in [0.4, 0.5) is 0 Å². The van der Waals surface area contributed by atoms with Gasteiger partial charge in [-0.2, -0.15) is 0 Å². The van der Waals surface area contributed by atoms with E-state index in [-0.39, 0.29) is 6.04 Å². The quantitative estimate of drug-likeness (QED) is 0.746. The Morgan fingerprint density at radius 1 is 1.05 bits per heavy atom. The predicted octanol–water partition coefficient (Wildman–Crippen LogP) is 3.93. The molecule has 3 heteroatoms. The van der Waals surface area contributed by atoms with Crippen molar-refractivity contribution in [3.63, 3.8) is 0 Å². The molecule has 1 unspecified atom stereocenters. The summed E-state index contributed by atoms with van der Waals surface area (Å²) < 4.78 is 11.6. The monoisotopic (exact) mass is 287 g/mol. The summed E-state index contributed by atoms with van der Waals surface area (Å²) in [6.45, 7) is 6.25. The van der Waals surface area contributed by atoms with Crippen LogP contribution in [0.1, 0.15) is 31.9 Å². The average Bonchev–Trinajstić information content (AvgIpc) is 2.53. The van der Waals surface area contributed by atoms with Gasteiger partial charge in [0.15, 0.2) is 0 Å². The summed E-state index contributed by atoms with van der Waals surface area (Å²) in [7, 11) is 1.97. The maximum atomic E-state index is 6.05. The minimum atomic E-state index is 0.251. The maximum Gasteiger partial charge on any atom is 0.132 e. The topological polar surface area (TPSA) is 30.5 Å². The zero-order valence-corrected chi connectivity index (χ0v) is 13.2. The van der Waals surface area contributed by atoms with Crippen LogP contribution in [0.15, 0.2) is 36.4 Å². The van der Waals surface area contributed by atoms with Crippen LogP contribution >= 0.6 is 0 Å². The maximum absolute atomic E-state index is 6.05. The molecule has 2 aromatic carbocycles. The van der Waals surface area contributed by atoms with Gasteiger partial charge in [-0.15, -0.1) is 0 Å². The van der Waals surface area contributed by atoms with Crippen molar-refractivity contribution >= 4 is 10.8 Å². The summed E-state index contributed by atoms with van der Waals surface area (Å²) in [5.41, 5.74) is 1.19. The molecule has 0 saturated carbocycles. The molecule has 0 aromatic heterocycles. The average molecular weight is 287 g/mol. The van der Waals surface area contributed by atoms with Gasteiger partial charge in [0.25, 0.3) is 0 Å². The van der Waals surface area contributed by atoms with Crippen LogP contribution in [-0.4, -0.2) is 26.9 Å². The van der Waals surface area contributed by atoms with Gasteiger partial charge in [0.05, 0.1) is 6.61 Å². The van der Waals surface area contributed by atoms with Crippen LogP contribution in [0.3, 0.4) is 0 Å². The summed E-state index contributed by atoms with van der Waals surface area (Å²) in [4.78, 5) is 0. The standard InChI is InChI=1S/C18H25NO2/c1-4-11-20-12-13-21-18-16(14(2)19-3)10-9-15-7-5-6-8-17(15)18/h5-10,14,19H,4,11-13H2,1-3H3. The van der Waals surface area contributed by atoms with E-state index < -0.39 is 0 Å². The van der Waals surface area contributed by atoms with Gasteiger partial charge in [0.1, 0.15) is 12.4 Å². The van der Waals surface area contributed by atoms with Gasteiger partial charge in [-0.1, -0.05) is 43.3 Å². The Morgan fingerprint density at radius 2 is 1.86 bits per heavy atom. The van der Waals surface area contributed by atoms with Gasteiger partial charge in [-0.3, -0.25) is 0 Å². The number of ether oxygens (including phenoxy) is 2. The second kappa shape index (κ2) is 8.01. The van der Waals surface area contributed by atoms with Crippen molar-refractivity contribution in [1.82, 2.24) is 5.32 Å². The number of hydrogen-bond donors (Lipinski definition) is 1. The molecule has 114 valence electrons. The molecule has 1 atom stereocenters. The lowest BCUT2D eigenvalue weighted by Gasteiger charge is -2.18. The van der Waals surface area contributed by atoms with Crippen molar-refractivity contribution < 1.29 is 9.47 Å². The molecule has 0 bridgehead atoms. The van der Waals surface area contributed by atoms with Crippen molar-refractivity contribution in [3.8, 4) is 5.75 Å². The first-order valence-electron chi connectivity index (χ1n) is 7.67. The number of rotatable bonds is 8. The minimum Gasteiger partial charge on any atom is -0.490 e. The molecule has 3 nitrogen and oxygen atoms in total. The molecule has 21 heavy (non-hydrogen) atoms. The van der Waals surface area contributed by atoms with Gasteiger partial charge < -0.3 is 14.8 Å². The van der Waals surface area contributed by atoms with E-state index in [4.69, 9.17) is 9.47 Å². The highest BCUT2D eigenvalue weighted by Crippen LogP contribution is 2.33. The normalized spacial score (nSPS) is 12.5. The molecule has 0 spiro atoms. The molecule has 0 amide bonds. The molecule has 0 radical (unpaired) electrons. The molecule has 0 fully saturated rings. The third kappa shape index (κ3) is 3.96.